The molecule has 0 radical (unpaired) electrons. The molecule has 6 atom stereocenters. The van der Waals surface area contributed by atoms with Crippen LogP contribution in [-0.2, 0) is 22.7 Å². The molecule has 16 nitrogen and oxygen atoms in total. The molecule has 0 unspecified atom stereocenters. The van der Waals surface area contributed by atoms with Crippen LogP contribution in [0.3, 0.4) is 0 Å². The fraction of sp³-hybridized carbons (Fsp3) is 0.345. The number of ether oxygens (including phenoxy) is 4. The predicted octanol–water partition coefficient (Wildman–Crippen LogP) is 11.7. The lowest BCUT2D eigenvalue weighted by molar-refractivity contribution is -0.385. The Bertz CT molecular complexity index is 2800. The van der Waals surface area contributed by atoms with E-state index in [2.05, 4.69) is 12.7 Å². The highest BCUT2D eigenvalue weighted by molar-refractivity contribution is 7.98. The number of aliphatic hydroxyl groups is 2. The Morgan fingerprint density at radius 2 is 1.49 bits per heavy atom. The smallest absolute Gasteiger partial charge is 0.416 e. The average molecular weight is 1020 g/mol. The summed E-state index contributed by atoms with van der Waals surface area (Å²) in [5, 5.41) is 48.0. The summed E-state index contributed by atoms with van der Waals surface area (Å²) in [7, 11) is 0. The van der Waals surface area contributed by atoms with Gasteiger partial charge in [-0.25, -0.2) is 9.18 Å². The van der Waals surface area contributed by atoms with Crippen molar-refractivity contribution in [3.05, 3.63) is 182 Å². The van der Waals surface area contributed by atoms with E-state index in [0.717, 1.165) is 16.0 Å². The second-order valence-electron chi connectivity index (χ2n) is 18.1. The van der Waals surface area contributed by atoms with Crippen molar-refractivity contribution in [2.75, 3.05) is 26.1 Å². The van der Waals surface area contributed by atoms with Gasteiger partial charge >= 0.3 is 6.09 Å². The van der Waals surface area contributed by atoms with Gasteiger partial charge in [0.05, 0.1) is 28.1 Å². The number of benzene rings is 5. The summed E-state index contributed by atoms with van der Waals surface area (Å²) in [5.74, 6) is -1.89. The van der Waals surface area contributed by atoms with Gasteiger partial charge in [0.15, 0.2) is 0 Å². The Morgan fingerprint density at radius 3 is 2.14 bits per heavy atom. The molecular weight excluding hydrogens is 960 g/mol. The van der Waals surface area contributed by atoms with Crippen molar-refractivity contribution < 1.29 is 53.0 Å². The molecule has 0 bridgehead atoms. The van der Waals surface area contributed by atoms with Gasteiger partial charge in [-0.05, 0) is 139 Å². The van der Waals surface area contributed by atoms with Gasteiger partial charge in [0.2, 0.25) is 5.79 Å². The second-order valence-corrected chi connectivity index (χ2v) is 19.0. The molecule has 1 saturated carbocycles. The summed E-state index contributed by atoms with van der Waals surface area (Å²) in [6.07, 6.45) is 8.77. The number of nitro benzene ring substituents is 2. The number of halogens is 1. The van der Waals surface area contributed by atoms with Gasteiger partial charge in [-0.2, -0.15) is 0 Å². The molecule has 5 aromatic rings. The Balaban J connectivity index is 1.33. The first kappa shape index (κ1) is 52.2. The van der Waals surface area contributed by atoms with Crippen molar-refractivity contribution in [1.29, 1.82) is 0 Å². The zero-order valence-electron chi connectivity index (χ0n) is 40.3. The zero-order chi connectivity index (χ0) is 51.5. The fourth-order valence-corrected chi connectivity index (χ4v) is 10.7. The molecule has 3 aliphatic rings. The minimum atomic E-state index is -1.72. The third-order valence-corrected chi connectivity index (χ3v) is 14.4. The van der Waals surface area contributed by atoms with Gasteiger partial charge in [0.25, 0.3) is 11.4 Å². The van der Waals surface area contributed by atoms with E-state index in [4.69, 9.17) is 28.9 Å². The fourth-order valence-electron chi connectivity index (χ4n) is 10.3. The topological polar surface area (TPSA) is 206 Å². The molecule has 0 saturated heterocycles. The lowest BCUT2D eigenvalue weighted by atomic mass is 9.55. The minimum absolute atomic E-state index is 0.00330. The van der Waals surface area contributed by atoms with Crippen molar-refractivity contribution in [2.45, 2.75) is 80.7 Å². The van der Waals surface area contributed by atoms with Crippen molar-refractivity contribution in [3.63, 3.8) is 0 Å². The summed E-state index contributed by atoms with van der Waals surface area (Å²) >= 11 is 1.62. The number of oxime groups is 1. The largest absolute Gasteiger partial charge is 0.459 e. The molecule has 1 aliphatic heterocycles. The van der Waals surface area contributed by atoms with Crippen LogP contribution in [0.5, 0.6) is 23.0 Å². The van der Waals surface area contributed by atoms with Crippen LogP contribution < -0.4 is 14.2 Å². The summed E-state index contributed by atoms with van der Waals surface area (Å²) < 4.78 is 41.6. The number of nitro groups is 2. The lowest BCUT2D eigenvalue weighted by Gasteiger charge is -2.59. The Morgan fingerprint density at radius 1 is 0.863 bits per heavy atom. The quantitative estimate of drug-likeness (QED) is 0.0206. The number of hydrogen-bond donors (Lipinski definition) is 2. The van der Waals surface area contributed by atoms with Gasteiger partial charge in [-0.15, -0.1) is 18.3 Å². The Kier molecular flexibility index (Phi) is 17.2. The van der Waals surface area contributed by atoms with Gasteiger partial charge in [0.1, 0.15) is 41.5 Å². The first-order valence-electron chi connectivity index (χ1n) is 24.2. The number of unbranched alkanes of at least 4 members (excludes halogenated alkanes) is 2. The maximum atomic E-state index is 15.1. The van der Waals surface area contributed by atoms with E-state index in [9.17, 15) is 34.8 Å². The molecule has 0 spiro atoms. The molecule has 2 N–H and O–H groups in total. The van der Waals surface area contributed by atoms with Gasteiger partial charge in [0, 0.05) is 66.8 Å². The van der Waals surface area contributed by atoms with Crippen molar-refractivity contribution in [2.24, 2.45) is 22.9 Å². The minimum Gasteiger partial charge on any atom is -0.459 e. The molecule has 8 rings (SSSR count). The van der Waals surface area contributed by atoms with Crippen LogP contribution in [0.1, 0.15) is 67.6 Å². The van der Waals surface area contributed by atoms with Gasteiger partial charge in [-0.3, -0.25) is 25.1 Å². The van der Waals surface area contributed by atoms with Crippen molar-refractivity contribution >= 4 is 34.9 Å². The summed E-state index contributed by atoms with van der Waals surface area (Å²) in [5.41, 5.74) is 2.88. The monoisotopic (exact) mass is 1020 g/mol. The number of thioether (sulfide) groups is 1. The number of non-ortho nitro benzene ring substituents is 2. The molecule has 2 aliphatic carbocycles. The first-order valence-corrected chi connectivity index (χ1v) is 25.4. The summed E-state index contributed by atoms with van der Waals surface area (Å²) in [4.78, 5) is 45.8. The molecule has 1 amide bonds. The van der Waals surface area contributed by atoms with Crippen molar-refractivity contribution in [3.8, 4) is 23.0 Å². The molecular formula is C55H57FN4O12S. The number of rotatable bonds is 23. The molecule has 0 aromatic heterocycles. The third-order valence-electron chi connectivity index (χ3n) is 13.6. The second kappa shape index (κ2) is 24.1. The van der Waals surface area contributed by atoms with Crippen molar-refractivity contribution in [1.82, 2.24) is 4.90 Å². The number of aliphatic hydroxyl groups excluding tert-OH is 2. The van der Waals surface area contributed by atoms with Crippen LogP contribution in [-0.4, -0.2) is 74.7 Å². The van der Waals surface area contributed by atoms with E-state index in [1.165, 1.54) is 53.4 Å². The average Bonchev–Trinajstić information content (AvgIpc) is 3.39. The third kappa shape index (κ3) is 12.1. The van der Waals surface area contributed by atoms with E-state index >= 15 is 4.79 Å². The number of carbonyl (C=O) groups excluding carboxylic acids is 1. The molecule has 5 aromatic carbocycles. The van der Waals surface area contributed by atoms with Crippen LogP contribution in [0.2, 0.25) is 0 Å². The van der Waals surface area contributed by atoms with E-state index in [0.29, 0.717) is 72.6 Å². The van der Waals surface area contributed by atoms with Crippen LogP contribution >= 0.6 is 11.8 Å². The van der Waals surface area contributed by atoms with E-state index < -0.39 is 45.4 Å². The number of nitrogens with zero attached hydrogens (tertiary/aromatic N) is 4. The maximum Gasteiger partial charge on any atom is 0.416 e. The van der Waals surface area contributed by atoms with E-state index in [-0.39, 0.29) is 68.4 Å². The molecule has 18 heteroatoms. The number of hydrogen-bond acceptors (Lipinski definition) is 14. The highest BCUT2D eigenvalue weighted by Gasteiger charge is 2.66. The predicted molar refractivity (Wildman–Crippen MR) is 272 cm³/mol. The number of fused-ring (bicyclic) bond motifs is 2. The SMILES string of the molecule is C=CCO[C@@]12Oc3ccc(Oc4ccc(SC)cc4)cc3[C@H]3[C@H](CCCCO)[C@@H](CCCCO)C=C(C(=NOCc4ccc([N+](=O)[O-])cc4)C[C@@H]1N(Cc1ccc(F)cc1)C(=O)Oc1ccc([N+](=O)[O-])cc1)[C@H]32. The number of allylic oxidation sites excluding steroid dienone is 1. The highest BCUT2D eigenvalue weighted by atomic mass is 32.2. The molecule has 1 heterocycles. The van der Waals surface area contributed by atoms with Gasteiger partial charge in [-0.1, -0.05) is 42.3 Å². The van der Waals surface area contributed by atoms with Crippen LogP contribution in [0.4, 0.5) is 20.6 Å². The van der Waals surface area contributed by atoms with Crippen LogP contribution in [0, 0.1) is 43.8 Å². The number of amides is 1. The van der Waals surface area contributed by atoms with Crippen LogP contribution in [0.25, 0.3) is 0 Å². The zero-order valence-corrected chi connectivity index (χ0v) is 41.1. The number of carbonyl (C=O) groups is 1. The first-order chi connectivity index (χ1) is 35.4. The van der Waals surface area contributed by atoms with E-state index in [1.54, 1.807) is 42.1 Å². The summed E-state index contributed by atoms with van der Waals surface area (Å²) in [6.45, 7) is 3.78. The lowest BCUT2D eigenvalue weighted by Crippen LogP contribution is -2.70. The summed E-state index contributed by atoms with van der Waals surface area (Å²) in [6, 6.07) is 29.1. The maximum absolute atomic E-state index is 15.1. The Hall–Kier alpha value is -7.12. The Labute approximate surface area is 426 Å². The molecule has 382 valence electrons. The normalized spacial score (nSPS) is 21.2. The van der Waals surface area contributed by atoms with Gasteiger partial charge < -0.3 is 34.0 Å². The molecule has 73 heavy (non-hydrogen) atoms. The molecule has 1 fully saturated rings. The van der Waals surface area contributed by atoms with E-state index in [1.807, 2.05) is 48.7 Å². The highest BCUT2D eigenvalue weighted by Crippen LogP contribution is 2.62. The standard InChI is InChI=1S/C55H57FN4O12S/c1-3-30-68-55-51(58(34-36-10-14-39(56)15-11-36)54(63)71-43-20-18-41(19-21-43)60(66)67)33-49(57-69-35-37-12-16-40(17-13-37)59(64)65)47-31-38(8-4-6-28-61)46(9-5-7-29-62)52(53(47)55)48-32-44(24-27-50(48)72-55)70-42-22-25-45(73-2)26-23-42/h3,10-27,31-32,38,46,51-53,61-62H,1,4-9,28-30,33-35H2,2H3/t38-,46+,51-,52+,53+,55+/m0/s1. The van der Waals surface area contributed by atoms with Crippen LogP contribution in [0.15, 0.2) is 150 Å².